The fourth-order valence-corrected chi connectivity index (χ4v) is 3.84. The molecule has 88 valence electrons. The molecule has 1 saturated heterocycles. The van der Waals surface area contributed by atoms with Crippen molar-refractivity contribution in [2.75, 3.05) is 18.0 Å². The third-order valence-corrected chi connectivity index (χ3v) is 5.04. The number of anilines is 1. The van der Waals surface area contributed by atoms with Gasteiger partial charge in [0.25, 0.3) is 0 Å². The number of hydrogen-bond donors (Lipinski definition) is 0. The van der Waals surface area contributed by atoms with Gasteiger partial charge in [0.2, 0.25) is 0 Å². The van der Waals surface area contributed by atoms with Crippen LogP contribution in [0.3, 0.4) is 0 Å². The molecule has 0 radical (unpaired) electrons. The van der Waals surface area contributed by atoms with Crippen LogP contribution in [-0.2, 0) is 0 Å². The summed E-state index contributed by atoms with van der Waals surface area (Å²) in [5.74, 6) is 1.16. The van der Waals surface area contributed by atoms with Crippen molar-refractivity contribution in [3.05, 3.63) is 17.8 Å². The van der Waals surface area contributed by atoms with Crippen molar-refractivity contribution in [2.45, 2.75) is 25.7 Å². The SMILES string of the molecule is c1nc(N2CCCC3(CC3)C2)c2sccc2n1. The zero-order valence-corrected chi connectivity index (χ0v) is 10.5. The number of thiophene rings is 1. The first-order chi connectivity index (χ1) is 8.36. The quantitative estimate of drug-likeness (QED) is 0.773. The monoisotopic (exact) mass is 245 g/mol. The van der Waals surface area contributed by atoms with Gasteiger partial charge >= 0.3 is 0 Å². The van der Waals surface area contributed by atoms with E-state index in [2.05, 4.69) is 26.3 Å². The molecule has 2 fully saturated rings. The number of piperidine rings is 1. The lowest BCUT2D eigenvalue weighted by atomic mass is 9.95. The first-order valence-corrected chi connectivity index (χ1v) is 7.18. The molecule has 17 heavy (non-hydrogen) atoms. The van der Waals surface area contributed by atoms with Gasteiger partial charge in [-0.25, -0.2) is 9.97 Å². The number of nitrogens with zero attached hydrogens (tertiary/aromatic N) is 3. The Kier molecular flexibility index (Phi) is 1.98. The van der Waals surface area contributed by atoms with Crippen LogP contribution in [0.1, 0.15) is 25.7 Å². The second kappa shape index (κ2) is 3.42. The van der Waals surface area contributed by atoms with Crippen LogP contribution in [0.2, 0.25) is 0 Å². The Labute approximate surface area is 104 Å². The normalized spacial score (nSPS) is 22.2. The Morgan fingerprint density at radius 1 is 1.24 bits per heavy atom. The number of fused-ring (bicyclic) bond motifs is 1. The Balaban J connectivity index is 1.75. The van der Waals surface area contributed by atoms with E-state index in [4.69, 9.17) is 0 Å². The minimum Gasteiger partial charge on any atom is -0.355 e. The highest BCUT2D eigenvalue weighted by atomic mass is 32.1. The van der Waals surface area contributed by atoms with Crippen LogP contribution >= 0.6 is 11.3 Å². The molecule has 2 aliphatic rings. The zero-order valence-electron chi connectivity index (χ0n) is 9.72. The van der Waals surface area contributed by atoms with E-state index in [-0.39, 0.29) is 0 Å². The highest BCUT2D eigenvalue weighted by molar-refractivity contribution is 7.17. The van der Waals surface area contributed by atoms with E-state index in [1.807, 2.05) is 0 Å². The molecule has 0 aromatic carbocycles. The lowest BCUT2D eigenvalue weighted by Gasteiger charge is -2.33. The Hall–Kier alpha value is -1.16. The van der Waals surface area contributed by atoms with Crippen LogP contribution in [-0.4, -0.2) is 23.1 Å². The lowest BCUT2D eigenvalue weighted by Crippen LogP contribution is -2.37. The van der Waals surface area contributed by atoms with E-state index in [1.165, 1.54) is 36.9 Å². The molecular weight excluding hydrogens is 230 g/mol. The molecule has 0 atom stereocenters. The van der Waals surface area contributed by atoms with Gasteiger partial charge in [0.15, 0.2) is 0 Å². The molecule has 3 nitrogen and oxygen atoms in total. The molecule has 1 aliphatic carbocycles. The highest BCUT2D eigenvalue weighted by Gasteiger charge is 2.45. The predicted octanol–water partition coefficient (Wildman–Crippen LogP) is 3.07. The Morgan fingerprint density at radius 2 is 2.18 bits per heavy atom. The van der Waals surface area contributed by atoms with Crippen molar-refractivity contribution >= 4 is 27.4 Å². The summed E-state index contributed by atoms with van der Waals surface area (Å²) in [5.41, 5.74) is 1.74. The smallest absolute Gasteiger partial charge is 0.150 e. The minimum absolute atomic E-state index is 0.646. The molecular formula is C13H15N3S. The third-order valence-electron chi connectivity index (χ3n) is 4.14. The van der Waals surface area contributed by atoms with Crippen LogP contribution in [0.5, 0.6) is 0 Å². The summed E-state index contributed by atoms with van der Waals surface area (Å²) in [6.07, 6.45) is 7.28. The van der Waals surface area contributed by atoms with Crippen molar-refractivity contribution in [1.29, 1.82) is 0 Å². The van der Waals surface area contributed by atoms with E-state index in [0.717, 1.165) is 17.9 Å². The maximum atomic E-state index is 4.52. The van der Waals surface area contributed by atoms with Gasteiger partial charge in [-0.2, -0.15) is 0 Å². The number of aromatic nitrogens is 2. The van der Waals surface area contributed by atoms with Gasteiger partial charge < -0.3 is 4.90 Å². The second-order valence-corrected chi connectivity index (χ2v) is 6.27. The van der Waals surface area contributed by atoms with Gasteiger partial charge in [0.05, 0.1) is 10.2 Å². The minimum atomic E-state index is 0.646. The Morgan fingerprint density at radius 3 is 3.06 bits per heavy atom. The molecule has 1 aliphatic heterocycles. The van der Waals surface area contributed by atoms with Crippen molar-refractivity contribution in [3.63, 3.8) is 0 Å². The van der Waals surface area contributed by atoms with E-state index in [9.17, 15) is 0 Å². The largest absolute Gasteiger partial charge is 0.355 e. The van der Waals surface area contributed by atoms with E-state index in [0.29, 0.717) is 5.41 Å². The summed E-state index contributed by atoms with van der Waals surface area (Å²) < 4.78 is 1.25. The van der Waals surface area contributed by atoms with Gasteiger partial charge in [-0.15, -0.1) is 11.3 Å². The number of rotatable bonds is 1. The van der Waals surface area contributed by atoms with E-state index < -0.39 is 0 Å². The molecule has 2 aromatic rings. The van der Waals surface area contributed by atoms with E-state index in [1.54, 1.807) is 17.7 Å². The first kappa shape index (κ1) is 9.83. The molecule has 0 bridgehead atoms. The van der Waals surface area contributed by atoms with Gasteiger partial charge in [0, 0.05) is 13.1 Å². The van der Waals surface area contributed by atoms with Gasteiger partial charge in [-0.1, -0.05) is 0 Å². The molecule has 3 heterocycles. The summed E-state index contributed by atoms with van der Waals surface area (Å²) in [6.45, 7) is 2.36. The van der Waals surface area contributed by atoms with E-state index >= 15 is 0 Å². The van der Waals surface area contributed by atoms with Crippen molar-refractivity contribution in [3.8, 4) is 0 Å². The number of hydrogen-bond acceptors (Lipinski definition) is 4. The maximum absolute atomic E-state index is 4.52. The lowest BCUT2D eigenvalue weighted by molar-refractivity contribution is 0.394. The van der Waals surface area contributed by atoms with Crippen molar-refractivity contribution in [1.82, 2.24) is 9.97 Å². The molecule has 4 heteroatoms. The van der Waals surface area contributed by atoms with Crippen LogP contribution in [0.15, 0.2) is 17.8 Å². The highest BCUT2D eigenvalue weighted by Crippen LogP contribution is 2.52. The summed E-state index contributed by atoms with van der Waals surface area (Å²) in [7, 11) is 0. The fourth-order valence-electron chi connectivity index (χ4n) is 2.97. The summed E-state index contributed by atoms with van der Waals surface area (Å²) >= 11 is 1.76. The molecule has 0 amide bonds. The standard InChI is InChI=1S/C13H15N3S/c1-3-13(4-5-13)8-16(6-1)12-11-10(2-7-17-11)14-9-15-12/h2,7,9H,1,3-6,8H2. The average Bonchev–Trinajstić information content (AvgIpc) is 2.94. The molecule has 0 unspecified atom stereocenters. The van der Waals surface area contributed by atoms with Gasteiger partial charge in [-0.05, 0) is 42.5 Å². The summed E-state index contributed by atoms with van der Waals surface area (Å²) in [4.78, 5) is 11.3. The van der Waals surface area contributed by atoms with Crippen LogP contribution in [0.4, 0.5) is 5.82 Å². The third kappa shape index (κ3) is 1.54. The predicted molar refractivity (Wildman–Crippen MR) is 70.5 cm³/mol. The molecule has 1 saturated carbocycles. The zero-order chi connectivity index (χ0) is 11.3. The topological polar surface area (TPSA) is 29.0 Å². The van der Waals surface area contributed by atoms with Crippen molar-refractivity contribution < 1.29 is 0 Å². The van der Waals surface area contributed by atoms with Crippen LogP contribution in [0, 0.1) is 5.41 Å². The average molecular weight is 245 g/mol. The van der Waals surface area contributed by atoms with Gasteiger partial charge in [0.1, 0.15) is 12.1 Å². The first-order valence-electron chi connectivity index (χ1n) is 6.30. The molecule has 0 N–H and O–H groups in total. The maximum Gasteiger partial charge on any atom is 0.150 e. The van der Waals surface area contributed by atoms with Crippen molar-refractivity contribution in [2.24, 2.45) is 5.41 Å². The molecule has 1 spiro atoms. The van der Waals surface area contributed by atoms with Crippen LogP contribution in [0.25, 0.3) is 10.2 Å². The summed E-state index contributed by atoms with van der Waals surface area (Å²) in [6, 6.07) is 2.09. The Bertz CT molecular complexity index is 559. The summed E-state index contributed by atoms with van der Waals surface area (Å²) in [5, 5.41) is 2.11. The molecule has 2 aromatic heterocycles. The molecule has 4 rings (SSSR count). The van der Waals surface area contributed by atoms with Gasteiger partial charge in [-0.3, -0.25) is 0 Å². The fraction of sp³-hybridized carbons (Fsp3) is 0.538. The second-order valence-electron chi connectivity index (χ2n) is 5.36. The van der Waals surface area contributed by atoms with Crippen LogP contribution < -0.4 is 4.90 Å².